The van der Waals surface area contributed by atoms with Crippen LogP contribution in [0.25, 0.3) is 11.3 Å². The van der Waals surface area contributed by atoms with Gasteiger partial charge in [0.05, 0.1) is 12.7 Å². The zero-order valence-electron chi connectivity index (χ0n) is 9.68. The van der Waals surface area contributed by atoms with Gasteiger partial charge in [-0.05, 0) is 24.3 Å². The molecule has 0 aliphatic rings. The summed E-state index contributed by atoms with van der Waals surface area (Å²) in [6.07, 6.45) is 0.724. The molecule has 1 aromatic carbocycles. The number of carbonyl (C=O) groups excluding carboxylic acids is 1. The lowest BCUT2D eigenvalue weighted by Crippen LogP contribution is -1.98. The molecule has 0 aliphatic carbocycles. The van der Waals surface area contributed by atoms with Gasteiger partial charge in [0.25, 0.3) is 0 Å². The van der Waals surface area contributed by atoms with Gasteiger partial charge < -0.3 is 10.5 Å². The van der Waals surface area contributed by atoms with Crippen LogP contribution in [0.15, 0.2) is 24.3 Å². The van der Waals surface area contributed by atoms with E-state index in [2.05, 4.69) is 5.10 Å². The summed E-state index contributed by atoms with van der Waals surface area (Å²) in [6.45, 7) is 0. The molecule has 88 valence electrons. The molecule has 0 bridgehead atoms. The molecule has 0 unspecified atom stereocenters. The van der Waals surface area contributed by atoms with Gasteiger partial charge in [0.2, 0.25) is 0 Å². The van der Waals surface area contributed by atoms with Crippen molar-refractivity contribution in [2.45, 2.75) is 0 Å². The SMILES string of the molecule is COc1ccc(-c2nn(C)c(N)c2C=O)cc1. The van der Waals surface area contributed by atoms with Crippen LogP contribution in [-0.4, -0.2) is 23.2 Å². The maximum atomic E-state index is 11.0. The summed E-state index contributed by atoms with van der Waals surface area (Å²) in [4.78, 5) is 11.0. The van der Waals surface area contributed by atoms with Gasteiger partial charge in [0.15, 0.2) is 6.29 Å². The molecule has 0 saturated heterocycles. The highest BCUT2D eigenvalue weighted by molar-refractivity contribution is 5.91. The number of carbonyl (C=O) groups is 1. The van der Waals surface area contributed by atoms with Crippen molar-refractivity contribution in [2.75, 3.05) is 12.8 Å². The molecular weight excluding hydrogens is 218 g/mol. The third kappa shape index (κ3) is 1.87. The average Bonchev–Trinajstić information content (AvgIpc) is 2.65. The van der Waals surface area contributed by atoms with Gasteiger partial charge in [-0.25, -0.2) is 0 Å². The minimum atomic E-state index is 0.366. The lowest BCUT2D eigenvalue weighted by Gasteiger charge is -2.01. The Balaban J connectivity index is 2.52. The Morgan fingerprint density at radius 1 is 1.35 bits per heavy atom. The number of aldehydes is 1. The minimum absolute atomic E-state index is 0.366. The van der Waals surface area contributed by atoms with Gasteiger partial charge in [-0.2, -0.15) is 5.10 Å². The number of aryl methyl sites for hydroxylation is 1. The molecule has 1 aromatic heterocycles. The Kier molecular flexibility index (Phi) is 2.82. The monoisotopic (exact) mass is 231 g/mol. The summed E-state index contributed by atoms with van der Waals surface area (Å²) in [5.74, 6) is 1.12. The largest absolute Gasteiger partial charge is 0.497 e. The van der Waals surface area contributed by atoms with Gasteiger partial charge >= 0.3 is 0 Å². The third-order valence-electron chi connectivity index (χ3n) is 2.61. The summed E-state index contributed by atoms with van der Waals surface area (Å²) < 4.78 is 6.56. The number of hydrogen-bond donors (Lipinski definition) is 1. The topological polar surface area (TPSA) is 70.1 Å². The van der Waals surface area contributed by atoms with Crippen molar-refractivity contribution in [3.05, 3.63) is 29.8 Å². The van der Waals surface area contributed by atoms with Crippen LogP contribution in [0.2, 0.25) is 0 Å². The lowest BCUT2D eigenvalue weighted by molar-refractivity contribution is 0.112. The van der Waals surface area contributed by atoms with E-state index in [1.54, 1.807) is 14.2 Å². The zero-order chi connectivity index (χ0) is 12.4. The van der Waals surface area contributed by atoms with E-state index in [1.807, 2.05) is 24.3 Å². The Hall–Kier alpha value is -2.30. The van der Waals surface area contributed by atoms with E-state index in [1.165, 1.54) is 4.68 Å². The molecule has 0 saturated carbocycles. The van der Waals surface area contributed by atoms with E-state index in [9.17, 15) is 4.79 Å². The van der Waals surface area contributed by atoms with E-state index in [0.29, 0.717) is 17.1 Å². The molecule has 2 aromatic rings. The van der Waals surface area contributed by atoms with Crippen molar-refractivity contribution in [2.24, 2.45) is 7.05 Å². The molecule has 0 atom stereocenters. The number of nitrogens with two attached hydrogens (primary N) is 1. The fraction of sp³-hybridized carbons (Fsp3) is 0.167. The van der Waals surface area contributed by atoms with E-state index >= 15 is 0 Å². The van der Waals surface area contributed by atoms with Crippen LogP contribution in [0, 0.1) is 0 Å². The van der Waals surface area contributed by atoms with Crippen molar-refractivity contribution in [1.82, 2.24) is 9.78 Å². The van der Waals surface area contributed by atoms with Gasteiger partial charge in [-0.15, -0.1) is 0 Å². The summed E-state index contributed by atoms with van der Waals surface area (Å²) in [5.41, 5.74) is 7.59. The van der Waals surface area contributed by atoms with Crippen molar-refractivity contribution in [3.8, 4) is 17.0 Å². The molecule has 1 heterocycles. The number of rotatable bonds is 3. The molecule has 0 fully saturated rings. The number of ether oxygens (including phenoxy) is 1. The molecule has 0 amide bonds. The number of nitrogens with zero attached hydrogens (tertiary/aromatic N) is 2. The van der Waals surface area contributed by atoms with Crippen LogP contribution in [0.4, 0.5) is 5.82 Å². The van der Waals surface area contributed by atoms with Crippen LogP contribution >= 0.6 is 0 Å². The summed E-state index contributed by atoms with van der Waals surface area (Å²) in [5, 5.41) is 4.23. The minimum Gasteiger partial charge on any atom is -0.497 e. The van der Waals surface area contributed by atoms with Crippen LogP contribution in [0.3, 0.4) is 0 Å². The van der Waals surface area contributed by atoms with Crippen molar-refractivity contribution >= 4 is 12.1 Å². The fourth-order valence-electron chi connectivity index (χ4n) is 1.63. The molecule has 2 N–H and O–H groups in total. The van der Waals surface area contributed by atoms with Gasteiger partial charge in [0, 0.05) is 12.6 Å². The van der Waals surface area contributed by atoms with Crippen LogP contribution in [0.1, 0.15) is 10.4 Å². The second kappa shape index (κ2) is 4.29. The summed E-state index contributed by atoms with van der Waals surface area (Å²) >= 11 is 0. The Morgan fingerprint density at radius 2 is 2.00 bits per heavy atom. The number of anilines is 1. The second-order valence-electron chi connectivity index (χ2n) is 3.62. The number of nitrogen functional groups attached to an aromatic ring is 1. The molecule has 17 heavy (non-hydrogen) atoms. The van der Waals surface area contributed by atoms with Crippen LogP contribution in [0.5, 0.6) is 5.75 Å². The zero-order valence-corrected chi connectivity index (χ0v) is 9.68. The maximum Gasteiger partial charge on any atom is 0.156 e. The average molecular weight is 231 g/mol. The van der Waals surface area contributed by atoms with Crippen molar-refractivity contribution < 1.29 is 9.53 Å². The third-order valence-corrected chi connectivity index (χ3v) is 2.61. The molecule has 0 radical (unpaired) electrons. The molecule has 0 aliphatic heterocycles. The molecule has 5 heteroatoms. The lowest BCUT2D eigenvalue weighted by atomic mass is 10.1. The Morgan fingerprint density at radius 3 is 2.53 bits per heavy atom. The van der Waals surface area contributed by atoms with E-state index in [-0.39, 0.29) is 0 Å². The molecule has 5 nitrogen and oxygen atoms in total. The first-order chi connectivity index (χ1) is 8.17. The fourth-order valence-corrected chi connectivity index (χ4v) is 1.63. The highest BCUT2D eigenvalue weighted by atomic mass is 16.5. The quantitative estimate of drug-likeness (QED) is 0.812. The maximum absolute atomic E-state index is 11.0. The summed E-state index contributed by atoms with van der Waals surface area (Å²) in [7, 11) is 3.31. The van der Waals surface area contributed by atoms with E-state index < -0.39 is 0 Å². The number of methoxy groups -OCH3 is 1. The number of benzene rings is 1. The normalized spacial score (nSPS) is 10.2. The smallest absolute Gasteiger partial charge is 0.156 e. The number of aromatic nitrogens is 2. The van der Waals surface area contributed by atoms with Gasteiger partial charge in [0.1, 0.15) is 17.3 Å². The first-order valence-corrected chi connectivity index (χ1v) is 5.09. The molecule has 2 rings (SSSR count). The first kappa shape index (κ1) is 11.2. The first-order valence-electron chi connectivity index (χ1n) is 5.09. The van der Waals surface area contributed by atoms with Crippen molar-refractivity contribution in [3.63, 3.8) is 0 Å². The van der Waals surface area contributed by atoms with Crippen LogP contribution < -0.4 is 10.5 Å². The number of hydrogen-bond acceptors (Lipinski definition) is 4. The van der Waals surface area contributed by atoms with E-state index in [4.69, 9.17) is 10.5 Å². The second-order valence-corrected chi connectivity index (χ2v) is 3.62. The Labute approximate surface area is 98.8 Å². The molecule has 0 spiro atoms. The van der Waals surface area contributed by atoms with Gasteiger partial charge in [-0.1, -0.05) is 0 Å². The predicted octanol–water partition coefficient (Wildman–Crippen LogP) is 1.49. The Bertz CT molecular complexity index is 544. The standard InChI is InChI=1S/C12H13N3O2/c1-15-12(13)10(7-16)11(14-15)8-3-5-9(17-2)6-4-8/h3-7H,13H2,1-2H3. The predicted molar refractivity (Wildman–Crippen MR) is 65.0 cm³/mol. The highest BCUT2D eigenvalue weighted by Gasteiger charge is 2.14. The summed E-state index contributed by atoms with van der Waals surface area (Å²) in [6, 6.07) is 7.31. The molecular formula is C12H13N3O2. The van der Waals surface area contributed by atoms with Crippen molar-refractivity contribution in [1.29, 1.82) is 0 Å². The highest BCUT2D eigenvalue weighted by Crippen LogP contribution is 2.26. The van der Waals surface area contributed by atoms with Crippen LogP contribution in [-0.2, 0) is 7.05 Å². The van der Waals surface area contributed by atoms with Gasteiger partial charge in [-0.3, -0.25) is 9.48 Å². The van der Waals surface area contributed by atoms with E-state index in [0.717, 1.165) is 17.6 Å².